The van der Waals surface area contributed by atoms with Crippen LogP contribution >= 0.6 is 0 Å². The number of rotatable bonds is 7. The first-order valence-corrected chi connectivity index (χ1v) is 7.88. The molecule has 0 bridgehead atoms. The molecule has 2 fully saturated rings. The summed E-state index contributed by atoms with van der Waals surface area (Å²) in [5.74, 6) is -1.51. The van der Waals surface area contributed by atoms with Crippen LogP contribution in [0.4, 0.5) is 8.78 Å². The molecule has 0 amide bonds. The van der Waals surface area contributed by atoms with Crippen molar-refractivity contribution in [2.45, 2.75) is 36.7 Å². The van der Waals surface area contributed by atoms with Crippen LogP contribution in [-0.2, 0) is 29.1 Å². The van der Waals surface area contributed by atoms with Crippen LogP contribution in [0.2, 0.25) is 0 Å². The standard InChI is InChI=1S/C11H16F2O7S/c12-11(13,21(15,16)17)6-20-10(14)7-1-2-8(3-7)18-4-9-5-19-9/h7-9H,1-6H2,(H,15,16,17). The number of hydrogen-bond acceptors (Lipinski definition) is 6. The Kier molecular flexibility index (Phi) is 4.81. The fourth-order valence-electron chi connectivity index (χ4n) is 2.06. The maximum absolute atomic E-state index is 12.9. The predicted octanol–water partition coefficient (Wildman–Crippen LogP) is 0.594. The topological polar surface area (TPSA) is 102 Å². The number of epoxide rings is 1. The van der Waals surface area contributed by atoms with E-state index in [1.807, 2.05) is 0 Å². The van der Waals surface area contributed by atoms with Gasteiger partial charge in [-0.05, 0) is 19.3 Å². The van der Waals surface area contributed by atoms with Crippen molar-refractivity contribution in [3.63, 3.8) is 0 Å². The first-order chi connectivity index (χ1) is 9.69. The number of carbonyl (C=O) groups excluding carboxylic acids is 1. The first-order valence-electron chi connectivity index (χ1n) is 6.44. The second kappa shape index (κ2) is 6.11. The maximum Gasteiger partial charge on any atom is 0.402 e. The van der Waals surface area contributed by atoms with E-state index in [9.17, 15) is 22.0 Å². The number of esters is 1. The van der Waals surface area contributed by atoms with E-state index in [-0.39, 0.29) is 12.2 Å². The van der Waals surface area contributed by atoms with Gasteiger partial charge in [0.2, 0.25) is 0 Å². The van der Waals surface area contributed by atoms with Crippen LogP contribution in [0.15, 0.2) is 0 Å². The lowest BCUT2D eigenvalue weighted by Gasteiger charge is -2.15. The highest BCUT2D eigenvalue weighted by atomic mass is 32.2. The zero-order valence-electron chi connectivity index (χ0n) is 11.0. The van der Waals surface area contributed by atoms with Gasteiger partial charge in [0.1, 0.15) is 6.10 Å². The summed E-state index contributed by atoms with van der Waals surface area (Å²) in [5.41, 5.74) is 0. The molecule has 0 aromatic rings. The summed E-state index contributed by atoms with van der Waals surface area (Å²) in [7, 11) is -5.59. The van der Waals surface area contributed by atoms with E-state index in [1.165, 1.54) is 0 Å². The number of alkyl halides is 2. The van der Waals surface area contributed by atoms with Gasteiger partial charge < -0.3 is 14.2 Å². The normalized spacial score (nSPS) is 29.4. The van der Waals surface area contributed by atoms with Crippen molar-refractivity contribution >= 4 is 16.1 Å². The molecular formula is C11H16F2O7S. The van der Waals surface area contributed by atoms with Gasteiger partial charge >= 0.3 is 21.3 Å². The van der Waals surface area contributed by atoms with Crippen LogP contribution in [0.3, 0.4) is 0 Å². The van der Waals surface area contributed by atoms with Gasteiger partial charge in [0.25, 0.3) is 0 Å². The molecular weight excluding hydrogens is 314 g/mol. The summed E-state index contributed by atoms with van der Waals surface area (Å²) in [6.45, 7) is -0.598. The molecule has 3 atom stereocenters. The molecule has 7 nitrogen and oxygen atoms in total. The van der Waals surface area contributed by atoms with E-state index in [2.05, 4.69) is 4.74 Å². The Bertz CT molecular complexity index is 489. The average Bonchev–Trinajstić information content (AvgIpc) is 3.09. The molecule has 1 heterocycles. The minimum atomic E-state index is -5.59. The van der Waals surface area contributed by atoms with Gasteiger partial charge in [-0.15, -0.1) is 0 Å². The molecule has 0 spiro atoms. The largest absolute Gasteiger partial charge is 0.458 e. The zero-order chi connectivity index (χ0) is 15.7. The smallest absolute Gasteiger partial charge is 0.402 e. The van der Waals surface area contributed by atoms with Crippen molar-refractivity contribution in [2.75, 3.05) is 19.8 Å². The molecule has 2 rings (SSSR count). The predicted molar refractivity (Wildman–Crippen MR) is 64.3 cm³/mol. The average molecular weight is 330 g/mol. The quantitative estimate of drug-likeness (QED) is 0.414. The Labute approximate surface area is 120 Å². The van der Waals surface area contributed by atoms with Crippen LogP contribution in [-0.4, -0.2) is 56.2 Å². The third kappa shape index (κ3) is 4.56. The van der Waals surface area contributed by atoms with Crippen LogP contribution in [0.25, 0.3) is 0 Å². The summed E-state index contributed by atoms with van der Waals surface area (Å²) in [6.07, 6.45) is 1.30. The molecule has 21 heavy (non-hydrogen) atoms. The Morgan fingerprint density at radius 1 is 1.38 bits per heavy atom. The van der Waals surface area contributed by atoms with Gasteiger partial charge in [-0.3, -0.25) is 9.35 Å². The molecule has 0 radical (unpaired) electrons. The van der Waals surface area contributed by atoms with Crippen LogP contribution in [0.1, 0.15) is 19.3 Å². The SMILES string of the molecule is O=C(OCC(F)(F)S(=O)(=O)O)C1CCC(OCC2CO2)C1. The lowest BCUT2D eigenvalue weighted by molar-refractivity contribution is -0.154. The van der Waals surface area contributed by atoms with E-state index in [0.29, 0.717) is 32.5 Å². The lowest BCUT2D eigenvalue weighted by Crippen LogP contribution is -2.35. The highest BCUT2D eigenvalue weighted by Crippen LogP contribution is 2.30. The zero-order valence-corrected chi connectivity index (χ0v) is 11.9. The molecule has 1 saturated carbocycles. The summed E-state index contributed by atoms with van der Waals surface area (Å²) in [4.78, 5) is 11.6. The fourth-order valence-corrected chi connectivity index (χ4v) is 2.27. The molecule has 1 aliphatic heterocycles. The van der Waals surface area contributed by atoms with Crippen molar-refractivity contribution in [1.29, 1.82) is 0 Å². The molecule has 1 saturated heterocycles. The minimum Gasteiger partial charge on any atom is -0.458 e. The van der Waals surface area contributed by atoms with Crippen molar-refractivity contribution in [3.05, 3.63) is 0 Å². The Hall–Kier alpha value is -0.840. The molecule has 0 aromatic carbocycles. The first kappa shape index (κ1) is 16.5. The van der Waals surface area contributed by atoms with Gasteiger partial charge in [-0.25, -0.2) is 0 Å². The Balaban J connectivity index is 1.73. The van der Waals surface area contributed by atoms with E-state index in [1.54, 1.807) is 0 Å². The summed E-state index contributed by atoms with van der Waals surface area (Å²) in [6, 6.07) is 0. The van der Waals surface area contributed by atoms with E-state index in [0.717, 1.165) is 0 Å². The maximum atomic E-state index is 12.9. The Morgan fingerprint density at radius 2 is 2.05 bits per heavy atom. The van der Waals surface area contributed by atoms with Crippen molar-refractivity contribution in [2.24, 2.45) is 5.92 Å². The number of ether oxygens (including phenoxy) is 3. The molecule has 10 heteroatoms. The van der Waals surface area contributed by atoms with Gasteiger partial charge in [0.15, 0.2) is 6.61 Å². The van der Waals surface area contributed by atoms with Crippen LogP contribution in [0.5, 0.6) is 0 Å². The molecule has 0 aromatic heterocycles. The number of hydrogen-bond donors (Lipinski definition) is 1. The van der Waals surface area contributed by atoms with E-state index >= 15 is 0 Å². The van der Waals surface area contributed by atoms with Gasteiger partial charge in [-0.2, -0.15) is 17.2 Å². The van der Waals surface area contributed by atoms with E-state index in [4.69, 9.17) is 14.0 Å². The van der Waals surface area contributed by atoms with Crippen molar-refractivity contribution in [1.82, 2.24) is 0 Å². The fraction of sp³-hybridized carbons (Fsp3) is 0.909. The van der Waals surface area contributed by atoms with Gasteiger partial charge in [-0.1, -0.05) is 0 Å². The second-order valence-electron chi connectivity index (χ2n) is 5.14. The third-order valence-corrected chi connectivity index (χ3v) is 4.27. The highest BCUT2D eigenvalue weighted by Gasteiger charge is 2.46. The minimum absolute atomic E-state index is 0.101. The summed E-state index contributed by atoms with van der Waals surface area (Å²) < 4.78 is 69.6. The van der Waals surface area contributed by atoms with E-state index < -0.39 is 33.9 Å². The van der Waals surface area contributed by atoms with Crippen LogP contribution < -0.4 is 0 Å². The van der Waals surface area contributed by atoms with Gasteiger partial charge in [0, 0.05) is 0 Å². The van der Waals surface area contributed by atoms with Gasteiger partial charge in [0.05, 0.1) is 25.2 Å². The Morgan fingerprint density at radius 3 is 2.62 bits per heavy atom. The monoisotopic (exact) mass is 330 g/mol. The molecule has 122 valence electrons. The van der Waals surface area contributed by atoms with Crippen molar-refractivity contribution in [3.8, 4) is 0 Å². The molecule has 1 N–H and O–H groups in total. The number of carbonyl (C=O) groups is 1. The summed E-state index contributed by atoms with van der Waals surface area (Å²) >= 11 is 0. The molecule has 2 aliphatic rings. The summed E-state index contributed by atoms with van der Waals surface area (Å²) in [5, 5.41) is -4.50. The van der Waals surface area contributed by atoms with Crippen molar-refractivity contribution < 1.29 is 40.8 Å². The van der Waals surface area contributed by atoms with Crippen LogP contribution in [0, 0.1) is 5.92 Å². The second-order valence-corrected chi connectivity index (χ2v) is 6.69. The number of halogens is 2. The third-order valence-electron chi connectivity index (χ3n) is 3.40. The molecule has 3 unspecified atom stereocenters. The lowest BCUT2D eigenvalue weighted by atomic mass is 10.1. The highest BCUT2D eigenvalue weighted by molar-refractivity contribution is 7.86. The molecule has 1 aliphatic carbocycles.